The number of hydrogen-bond acceptors (Lipinski definition) is 2. The summed E-state index contributed by atoms with van der Waals surface area (Å²) in [5.74, 6) is 0. The minimum atomic E-state index is 0.374. The van der Waals surface area contributed by atoms with Gasteiger partial charge in [0.2, 0.25) is 0 Å². The van der Waals surface area contributed by atoms with Crippen LogP contribution in [0.2, 0.25) is 9.36 Å². The van der Waals surface area contributed by atoms with E-state index in [9.17, 15) is 0 Å². The molecule has 5 heteroatoms. The third-order valence-corrected chi connectivity index (χ3v) is 5.58. The van der Waals surface area contributed by atoms with Crippen LogP contribution in [0.4, 0.5) is 5.69 Å². The highest BCUT2D eigenvalue weighted by molar-refractivity contribution is 14.1. The summed E-state index contributed by atoms with van der Waals surface area (Å²) in [5, 5.41) is 4.36. The first-order valence-corrected chi connectivity index (χ1v) is 8.28. The van der Waals surface area contributed by atoms with Crippen molar-refractivity contribution >= 4 is 62.8 Å². The third kappa shape index (κ3) is 2.50. The topological polar surface area (TPSA) is 12.0 Å². The summed E-state index contributed by atoms with van der Waals surface area (Å²) in [7, 11) is 0. The molecule has 2 aromatic rings. The van der Waals surface area contributed by atoms with Crippen molar-refractivity contribution in [3.63, 3.8) is 0 Å². The van der Waals surface area contributed by atoms with E-state index in [-0.39, 0.29) is 0 Å². The maximum absolute atomic E-state index is 6.07. The molecule has 1 nitrogen and oxygen atoms in total. The highest BCUT2D eigenvalue weighted by Gasteiger charge is 2.25. The average molecular weight is 410 g/mol. The molecule has 0 saturated heterocycles. The molecule has 1 heterocycles. The summed E-state index contributed by atoms with van der Waals surface area (Å²) in [6, 6.07) is 8.40. The molecule has 3 rings (SSSR count). The van der Waals surface area contributed by atoms with Gasteiger partial charge in [-0.05, 0) is 65.3 Å². The standard InChI is InChI=1S/C13H10Cl2INS/c14-7-1-2-11(9(16)5-7)17-10-3-4-12-8(10)6-13(15)18-12/h1-2,5-6,10,17H,3-4H2. The van der Waals surface area contributed by atoms with Crippen molar-refractivity contribution in [2.75, 3.05) is 5.32 Å². The number of thiophene rings is 1. The number of anilines is 1. The Morgan fingerprint density at radius 2 is 2.11 bits per heavy atom. The molecular formula is C13H10Cl2INS. The molecule has 1 aliphatic rings. The first kappa shape index (κ1) is 13.0. The fourth-order valence-electron chi connectivity index (χ4n) is 2.27. The van der Waals surface area contributed by atoms with Crippen LogP contribution in [0.1, 0.15) is 22.9 Å². The Bertz CT molecular complexity index is 597. The molecule has 18 heavy (non-hydrogen) atoms. The molecule has 0 saturated carbocycles. The van der Waals surface area contributed by atoms with Crippen LogP contribution in [0.5, 0.6) is 0 Å². The fraction of sp³-hybridized carbons (Fsp3) is 0.231. The first-order chi connectivity index (χ1) is 8.63. The van der Waals surface area contributed by atoms with Crippen LogP contribution in [-0.2, 0) is 6.42 Å². The molecule has 1 N–H and O–H groups in total. The SMILES string of the molecule is Clc1ccc(NC2CCc3sc(Cl)cc32)c(I)c1. The molecule has 1 aromatic heterocycles. The number of nitrogens with one attached hydrogen (secondary N) is 1. The fourth-order valence-corrected chi connectivity index (χ4v) is 4.66. The van der Waals surface area contributed by atoms with E-state index >= 15 is 0 Å². The Morgan fingerprint density at radius 1 is 1.28 bits per heavy atom. The van der Waals surface area contributed by atoms with Gasteiger partial charge in [0, 0.05) is 19.2 Å². The minimum absolute atomic E-state index is 0.374. The molecule has 0 radical (unpaired) electrons. The zero-order valence-electron chi connectivity index (χ0n) is 9.34. The Balaban J connectivity index is 1.85. The first-order valence-electron chi connectivity index (χ1n) is 5.63. The number of aryl methyl sites for hydroxylation is 1. The number of hydrogen-bond donors (Lipinski definition) is 1. The largest absolute Gasteiger partial charge is 0.377 e. The molecule has 0 spiro atoms. The van der Waals surface area contributed by atoms with E-state index in [2.05, 4.69) is 34.0 Å². The van der Waals surface area contributed by atoms with Crippen LogP contribution < -0.4 is 5.32 Å². The van der Waals surface area contributed by atoms with E-state index in [0.717, 1.165) is 31.5 Å². The lowest BCUT2D eigenvalue weighted by molar-refractivity contribution is 0.761. The molecule has 0 bridgehead atoms. The molecule has 1 aromatic carbocycles. The van der Waals surface area contributed by atoms with E-state index < -0.39 is 0 Å². The zero-order chi connectivity index (χ0) is 12.7. The minimum Gasteiger partial charge on any atom is -0.377 e. The van der Waals surface area contributed by atoms with E-state index in [1.54, 1.807) is 11.3 Å². The Hall–Kier alpha value is 0.0300. The summed E-state index contributed by atoms with van der Waals surface area (Å²) in [6.07, 6.45) is 2.26. The van der Waals surface area contributed by atoms with Gasteiger partial charge in [0.05, 0.1) is 10.4 Å². The van der Waals surface area contributed by atoms with Crippen LogP contribution in [0.3, 0.4) is 0 Å². The summed E-state index contributed by atoms with van der Waals surface area (Å²) >= 11 is 16.0. The normalized spacial score (nSPS) is 17.8. The molecule has 1 unspecified atom stereocenters. The second-order valence-electron chi connectivity index (χ2n) is 4.29. The molecule has 0 aliphatic heterocycles. The van der Waals surface area contributed by atoms with Crippen LogP contribution in [-0.4, -0.2) is 0 Å². The van der Waals surface area contributed by atoms with Gasteiger partial charge in [-0.1, -0.05) is 23.2 Å². The number of benzene rings is 1. The number of rotatable bonds is 2. The monoisotopic (exact) mass is 409 g/mol. The predicted molar refractivity (Wildman–Crippen MR) is 88.2 cm³/mol. The quantitative estimate of drug-likeness (QED) is 0.621. The van der Waals surface area contributed by atoms with Crippen molar-refractivity contribution < 1.29 is 0 Å². The van der Waals surface area contributed by atoms with E-state index in [1.165, 1.54) is 10.4 Å². The summed E-state index contributed by atoms with van der Waals surface area (Å²) in [6.45, 7) is 0. The summed E-state index contributed by atoms with van der Waals surface area (Å²) in [5.41, 5.74) is 2.50. The number of fused-ring (bicyclic) bond motifs is 1. The molecule has 0 fully saturated rings. The lowest BCUT2D eigenvalue weighted by Crippen LogP contribution is -2.07. The van der Waals surface area contributed by atoms with Gasteiger partial charge in [-0.15, -0.1) is 11.3 Å². The van der Waals surface area contributed by atoms with Gasteiger partial charge in [-0.2, -0.15) is 0 Å². The van der Waals surface area contributed by atoms with Crippen LogP contribution >= 0.6 is 57.1 Å². The maximum atomic E-state index is 6.07. The van der Waals surface area contributed by atoms with Crippen molar-refractivity contribution in [3.8, 4) is 0 Å². The van der Waals surface area contributed by atoms with Crippen molar-refractivity contribution in [2.24, 2.45) is 0 Å². The maximum Gasteiger partial charge on any atom is 0.0934 e. The van der Waals surface area contributed by atoms with E-state index in [4.69, 9.17) is 23.2 Å². The van der Waals surface area contributed by atoms with E-state index in [1.807, 2.05) is 18.2 Å². The highest BCUT2D eigenvalue weighted by Crippen LogP contribution is 2.41. The van der Waals surface area contributed by atoms with Gasteiger partial charge in [-0.3, -0.25) is 0 Å². The zero-order valence-corrected chi connectivity index (χ0v) is 13.8. The van der Waals surface area contributed by atoms with Crippen LogP contribution in [0.25, 0.3) is 0 Å². The van der Waals surface area contributed by atoms with Gasteiger partial charge in [-0.25, -0.2) is 0 Å². The Morgan fingerprint density at radius 3 is 2.89 bits per heavy atom. The van der Waals surface area contributed by atoms with Gasteiger partial charge in [0.15, 0.2) is 0 Å². The molecule has 1 aliphatic carbocycles. The molecule has 94 valence electrons. The van der Waals surface area contributed by atoms with Crippen molar-refractivity contribution in [3.05, 3.63) is 47.6 Å². The second kappa shape index (κ2) is 5.19. The third-order valence-electron chi connectivity index (χ3n) is 3.11. The lowest BCUT2D eigenvalue weighted by atomic mass is 10.1. The smallest absolute Gasteiger partial charge is 0.0934 e. The van der Waals surface area contributed by atoms with Gasteiger partial charge in [0.1, 0.15) is 0 Å². The predicted octanol–water partition coefficient (Wildman–Crippen LogP) is 5.76. The van der Waals surface area contributed by atoms with Crippen LogP contribution in [0, 0.1) is 3.57 Å². The average Bonchev–Trinajstić information content (AvgIpc) is 2.83. The van der Waals surface area contributed by atoms with E-state index in [0.29, 0.717) is 6.04 Å². The highest BCUT2D eigenvalue weighted by atomic mass is 127. The van der Waals surface area contributed by atoms with Gasteiger partial charge < -0.3 is 5.32 Å². The Labute approximate surface area is 134 Å². The second-order valence-corrected chi connectivity index (χ2v) is 7.66. The number of halogens is 3. The molecule has 1 atom stereocenters. The van der Waals surface area contributed by atoms with Gasteiger partial charge >= 0.3 is 0 Å². The van der Waals surface area contributed by atoms with Crippen LogP contribution in [0.15, 0.2) is 24.3 Å². The van der Waals surface area contributed by atoms with Crippen molar-refractivity contribution in [1.29, 1.82) is 0 Å². The van der Waals surface area contributed by atoms with Gasteiger partial charge in [0.25, 0.3) is 0 Å². The summed E-state index contributed by atoms with van der Waals surface area (Å²) < 4.78 is 2.03. The Kier molecular flexibility index (Phi) is 3.76. The lowest BCUT2D eigenvalue weighted by Gasteiger charge is -2.16. The van der Waals surface area contributed by atoms with Crippen molar-refractivity contribution in [1.82, 2.24) is 0 Å². The summed E-state index contributed by atoms with van der Waals surface area (Å²) in [4.78, 5) is 1.42. The molecule has 0 amide bonds. The van der Waals surface area contributed by atoms with Crippen molar-refractivity contribution in [2.45, 2.75) is 18.9 Å². The molecular weight excluding hydrogens is 400 g/mol.